The molecule has 1 fully saturated rings. The van der Waals surface area contributed by atoms with Crippen LogP contribution in [-0.4, -0.2) is 24.2 Å². The van der Waals surface area contributed by atoms with E-state index in [0.717, 1.165) is 28.2 Å². The summed E-state index contributed by atoms with van der Waals surface area (Å²) in [6, 6.07) is 11.5. The lowest BCUT2D eigenvalue weighted by Crippen LogP contribution is -2.30. The number of carbonyl (C=O) groups is 1. The Hall–Kier alpha value is -2.86. The molecule has 0 spiro atoms. The van der Waals surface area contributed by atoms with Gasteiger partial charge in [0, 0.05) is 0 Å². The maximum atomic E-state index is 13.1. The quantitative estimate of drug-likeness (QED) is 0.490. The molecule has 0 radical (unpaired) electrons. The standard InChI is InChI=1S/C24H28N2O3S/c1-6-28-19-10-8-18(9-11-19)26-23(27)21(25-24(26)30)14-17-13-20(15(3)4)22(29-7-2)12-16(17)5/h8-15H,6-7H2,1-5H3,(H,25,30). The Morgan fingerprint density at radius 2 is 1.77 bits per heavy atom. The minimum absolute atomic E-state index is 0.177. The van der Waals surface area contributed by atoms with Gasteiger partial charge in [0.15, 0.2) is 5.11 Å². The Morgan fingerprint density at radius 1 is 1.10 bits per heavy atom. The van der Waals surface area contributed by atoms with Gasteiger partial charge in [-0.05, 0) is 98.1 Å². The molecule has 1 amide bonds. The first-order chi connectivity index (χ1) is 14.3. The molecule has 0 aliphatic carbocycles. The SMILES string of the molecule is CCOc1ccc(N2C(=O)C(=Cc3cc(C(C)C)c(OCC)cc3C)NC2=S)cc1. The van der Waals surface area contributed by atoms with E-state index < -0.39 is 0 Å². The largest absolute Gasteiger partial charge is 0.494 e. The zero-order chi connectivity index (χ0) is 21.8. The van der Waals surface area contributed by atoms with Crippen molar-refractivity contribution in [2.75, 3.05) is 18.1 Å². The second-order valence-electron chi connectivity index (χ2n) is 7.39. The van der Waals surface area contributed by atoms with Gasteiger partial charge in [0.2, 0.25) is 0 Å². The number of hydrogen-bond donors (Lipinski definition) is 1. The predicted octanol–water partition coefficient (Wildman–Crippen LogP) is 5.18. The molecule has 158 valence electrons. The van der Waals surface area contributed by atoms with Crippen molar-refractivity contribution in [1.82, 2.24) is 5.32 Å². The number of benzene rings is 2. The van der Waals surface area contributed by atoms with Gasteiger partial charge in [-0.1, -0.05) is 13.8 Å². The number of anilines is 1. The van der Waals surface area contributed by atoms with Crippen molar-refractivity contribution in [1.29, 1.82) is 0 Å². The number of aryl methyl sites for hydroxylation is 1. The maximum absolute atomic E-state index is 13.1. The topological polar surface area (TPSA) is 50.8 Å². The number of nitrogens with zero attached hydrogens (tertiary/aromatic N) is 1. The summed E-state index contributed by atoms with van der Waals surface area (Å²) in [5.74, 6) is 1.78. The van der Waals surface area contributed by atoms with Crippen LogP contribution in [-0.2, 0) is 4.79 Å². The molecule has 0 atom stereocenters. The second kappa shape index (κ2) is 9.30. The van der Waals surface area contributed by atoms with Gasteiger partial charge >= 0.3 is 0 Å². The van der Waals surface area contributed by atoms with E-state index in [1.165, 1.54) is 4.90 Å². The molecule has 0 saturated carbocycles. The minimum Gasteiger partial charge on any atom is -0.494 e. The van der Waals surface area contributed by atoms with Crippen molar-refractivity contribution >= 4 is 35.0 Å². The van der Waals surface area contributed by atoms with E-state index in [1.54, 1.807) is 0 Å². The first-order valence-corrected chi connectivity index (χ1v) is 10.6. The molecule has 1 aliphatic heterocycles. The molecule has 3 rings (SSSR count). The zero-order valence-electron chi connectivity index (χ0n) is 18.1. The van der Waals surface area contributed by atoms with Crippen molar-refractivity contribution in [3.63, 3.8) is 0 Å². The summed E-state index contributed by atoms with van der Waals surface area (Å²) in [5, 5.41) is 3.43. The van der Waals surface area contributed by atoms with Crippen LogP contribution < -0.4 is 19.7 Å². The predicted molar refractivity (Wildman–Crippen MR) is 125 cm³/mol. The monoisotopic (exact) mass is 424 g/mol. The third-order valence-electron chi connectivity index (χ3n) is 4.90. The number of nitrogens with one attached hydrogen (secondary N) is 1. The summed E-state index contributed by atoms with van der Waals surface area (Å²) < 4.78 is 11.3. The molecule has 30 heavy (non-hydrogen) atoms. The molecule has 6 heteroatoms. The van der Waals surface area contributed by atoms with Crippen molar-refractivity contribution in [2.45, 2.75) is 40.5 Å². The van der Waals surface area contributed by atoms with Crippen LogP contribution in [0.1, 0.15) is 50.3 Å². The van der Waals surface area contributed by atoms with Crippen LogP contribution in [0, 0.1) is 6.92 Å². The second-order valence-corrected chi connectivity index (χ2v) is 7.78. The molecule has 2 aromatic carbocycles. The molecular weight excluding hydrogens is 396 g/mol. The molecule has 1 heterocycles. The Labute approximate surface area is 183 Å². The maximum Gasteiger partial charge on any atom is 0.281 e. The van der Waals surface area contributed by atoms with Crippen LogP contribution >= 0.6 is 12.2 Å². The minimum atomic E-state index is -0.177. The molecule has 0 aromatic heterocycles. The van der Waals surface area contributed by atoms with Crippen molar-refractivity contribution in [2.24, 2.45) is 0 Å². The molecule has 5 nitrogen and oxygen atoms in total. The van der Waals surface area contributed by atoms with Gasteiger partial charge in [0.05, 0.1) is 18.9 Å². The van der Waals surface area contributed by atoms with Crippen LogP contribution in [0.2, 0.25) is 0 Å². The van der Waals surface area contributed by atoms with Crippen LogP contribution in [0.4, 0.5) is 5.69 Å². The summed E-state index contributed by atoms with van der Waals surface area (Å²) >= 11 is 5.43. The van der Waals surface area contributed by atoms with E-state index in [1.807, 2.05) is 57.2 Å². The highest BCUT2D eigenvalue weighted by Gasteiger charge is 2.32. The van der Waals surface area contributed by atoms with Gasteiger partial charge in [0.1, 0.15) is 17.2 Å². The van der Waals surface area contributed by atoms with Crippen molar-refractivity contribution in [3.05, 3.63) is 58.8 Å². The van der Waals surface area contributed by atoms with Gasteiger partial charge in [-0.3, -0.25) is 9.69 Å². The normalized spacial score (nSPS) is 15.1. The fourth-order valence-corrected chi connectivity index (χ4v) is 3.68. The highest BCUT2D eigenvalue weighted by atomic mass is 32.1. The van der Waals surface area contributed by atoms with Crippen LogP contribution in [0.15, 0.2) is 42.1 Å². The van der Waals surface area contributed by atoms with E-state index in [4.69, 9.17) is 21.7 Å². The Kier molecular flexibility index (Phi) is 6.77. The highest BCUT2D eigenvalue weighted by Crippen LogP contribution is 2.32. The van der Waals surface area contributed by atoms with E-state index in [-0.39, 0.29) is 5.91 Å². The lowest BCUT2D eigenvalue weighted by molar-refractivity contribution is -0.113. The molecule has 2 aromatic rings. The highest BCUT2D eigenvalue weighted by molar-refractivity contribution is 7.80. The summed E-state index contributed by atoms with van der Waals surface area (Å²) in [7, 11) is 0. The van der Waals surface area contributed by atoms with E-state index in [9.17, 15) is 4.79 Å². The number of amides is 1. The third kappa shape index (κ3) is 4.49. The Balaban J connectivity index is 1.92. The molecule has 1 aliphatic rings. The average Bonchev–Trinajstić information content (AvgIpc) is 2.98. The smallest absolute Gasteiger partial charge is 0.281 e. The number of ether oxygens (including phenoxy) is 2. The van der Waals surface area contributed by atoms with Crippen LogP contribution in [0.3, 0.4) is 0 Å². The molecular formula is C24H28N2O3S. The molecule has 1 saturated heterocycles. The lowest BCUT2D eigenvalue weighted by atomic mass is 9.96. The van der Waals surface area contributed by atoms with E-state index in [0.29, 0.717) is 35.6 Å². The van der Waals surface area contributed by atoms with Crippen LogP contribution in [0.5, 0.6) is 11.5 Å². The fourth-order valence-electron chi connectivity index (χ4n) is 3.39. The number of thiocarbonyl (C=S) groups is 1. The average molecular weight is 425 g/mol. The molecule has 0 bridgehead atoms. The summed E-state index contributed by atoms with van der Waals surface area (Å²) in [6.45, 7) is 11.4. The van der Waals surface area contributed by atoms with Crippen molar-refractivity contribution < 1.29 is 14.3 Å². The van der Waals surface area contributed by atoms with Crippen molar-refractivity contribution in [3.8, 4) is 11.5 Å². The number of rotatable bonds is 7. The summed E-state index contributed by atoms with van der Waals surface area (Å²) in [4.78, 5) is 14.6. The first-order valence-electron chi connectivity index (χ1n) is 10.2. The van der Waals surface area contributed by atoms with Gasteiger partial charge in [0.25, 0.3) is 5.91 Å². The van der Waals surface area contributed by atoms with E-state index in [2.05, 4.69) is 25.2 Å². The number of hydrogen-bond acceptors (Lipinski definition) is 4. The van der Waals surface area contributed by atoms with E-state index >= 15 is 0 Å². The molecule has 0 unspecified atom stereocenters. The summed E-state index contributed by atoms with van der Waals surface area (Å²) in [6.07, 6.45) is 1.86. The van der Waals surface area contributed by atoms with Crippen LogP contribution in [0.25, 0.3) is 6.08 Å². The van der Waals surface area contributed by atoms with Gasteiger partial charge in [-0.15, -0.1) is 0 Å². The zero-order valence-corrected chi connectivity index (χ0v) is 18.9. The van der Waals surface area contributed by atoms with Gasteiger partial charge in [-0.2, -0.15) is 0 Å². The number of carbonyl (C=O) groups excluding carboxylic acids is 1. The Bertz CT molecular complexity index is 981. The first kappa shape index (κ1) is 21.8. The third-order valence-corrected chi connectivity index (χ3v) is 5.19. The summed E-state index contributed by atoms with van der Waals surface area (Å²) in [5.41, 5.74) is 4.28. The lowest BCUT2D eigenvalue weighted by Gasteiger charge is -2.16. The Morgan fingerprint density at radius 3 is 2.37 bits per heavy atom. The van der Waals surface area contributed by atoms with Gasteiger partial charge < -0.3 is 14.8 Å². The van der Waals surface area contributed by atoms with Gasteiger partial charge in [-0.25, -0.2) is 0 Å². The molecule has 1 N–H and O–H groups in total. The fraction of sp³-hybridized carbons (Fsp3) is 0.333.